The molecule has 2 atom stereocenters. The molecule has 2 N–H and O–H groups in total. The van der Waals surface area contributed by atoms with E-state index in [4.69, 9.17) is 4.74 Å². The molecule has 3 rings (SSSR count). The molecule has 8 heteroatoms. The van der Waals surface area contributed by atoms with Crippen LogP contribution in [0.25, 0.3) is 5.69 Å². The summed E-state index contributed by atoms with van der Waals surface area (Å²) in [4.78, 5) is 12.5. The van der Waals surface area contributed by atoms with Crippen LogP contribution in [0.5, 0.6) is 5.75 Å². The summed E-state index contributed by atoms with van der Waals surface area (Å²) in [5.41, 5.74) is 1.94. The Balaban J connectivity index is 0.00000225. The summed E-state index contributed by atoms with van der Waals surface area (Å²) in [6, 6.07) is 8.08. The smallest absolute Gasteiger partial charge is 0.273 e. The Morgan fingerprint density at radius 3 is 2.72 bits per heavy atom. The number of halogens is 1. The number of rotatable bonds is 4. The van der Waals surface area contributed by atoms with Gasteiger partial charge in [0.1, 0.15) is 5.75 Å². The van der Waals surface area contributed by atoms with Gasteiger partial charge in [0.2, 0.25) is 0 Å². The van der Waals surface area contributed by atoms with Crippen LogP contribution in [0.2, 0.25) is 0 Å². The second kappa shape index (κ2) is 8.31. The van der Waals surface area contributed by atoms with E-state index >= 15 is 0 Å². The predicted molar refractivity (Wildman–Crippen MR) is 97.8 cm³/mol. The van der Waals surface area contributed by atoms with Gasteiger partial charge in [0, 0.05) is 12.1 Å². The fraction of sp³-hybridized carbons (Fsp3) is 0.471. The highest BCUT2D eigenvalue weighted by Crippen LogP contribution is 2.17. The Labute approximate surface area is 153 Å². The summed E-state index contributed by atoms with van der Waals surface area (Å²) in [5, 5.41) is 14.6. The van der Waals surface area contributed by atoms with Crippen LogP contribution in [-0.4, -0.2) is 46.6 Å². The second-order valence-electron chi connectivity index (χ2n) is 6.18. The van der Waals surface area contributed by atoms with E-state index in [9.17, 15) is 4.79 Å². The van der Waals surface area contributed by atoms with Crippen LogP contribution in [0.3, 0.4) is 0 Å². The number of nitrogens with zero attached hydrogens (tertiary/aromatic N) is 3. The highest BCUT2D eigenvalue weighted by Gasteiger charge is 2.23. The first-order valence-electron chi connectivity index (χ1n) is 8.19. The van der Waals surface area contributed by atoms with E-state index < -0.39 is 0 Å². The number of carbonyl (C=O) groups excluding carboxylic acids is 1. The van der Waals surface area contributed by atoms with Gasteiger partial charge in [0.05, 0.1) is 18.5 Å². The maximum Gasteiger partial charge on any atom is 0.273 e. The minimum absolute atomic E-state index is 0. The standard InChI is InChI=1S/C17H23N5O2.ClH/c1-11-10-13(8-9-18-11)19-17(23)16-12(2)22(21-20-16)14-4-6-15(24-3)7-5-14;/h4-7,11,13,18H,8-10H2,1-3H3,(H,19,23);1H. The first-order chi connectivity index (χ1) is 11.6. The number of nitrogens with one attached hydrogen (secondary N) is 2. The molecule has 2 aromatic rings. The van der Waals surface area contributed by atoms with Crippen LogP contribution in [0.4, 0.5) is 0 Å². The van der Waals surface area contributed by atoms with E-state index in [2.05, 4.69) is 27.9 Å². The van der Waals surface area contributed by atoms with E-state index in [-0.39, 0.29) is 24.4 Å². The molecule has 25 heavy (non-hydrogen) atoms. The molecule has 0 spiro atoms. The van der Waals surface area contributed by atoms with Crippen molar-refractivity contribution in [1.82, 2.24) is 25.6 Å². The van der Waals surface area contributed by atoms with Crippen molar-refractivity contribution in [3.63, 3.8) is 0 Å². The van der Waals surface area contributed by atoms with E-state index in [0.717, 1.165) is 36.5 Å². The third kappa shape index (κ3) is 4.29. The molecule has 1 aromatic heterocycles. The van der Waals surface area contributed by atoms with E-state index in [1.807, 2.05) is 31.2 Å². The van der Waals surface area contributed by atoms with Crippen molar-refractivity contribution in [3.05, 3.63) is 35.7 Å². The first-order valence-corrected chi connectivity index (χ1v) is 8.19. The quantitative estimate of drug-likeness (QED) is 0.864. The summed E-state index contributed by atoms with van der Waals surface area (Å²) in [6.07, 6.45) is 1.86. The Kier molecular flexibility index (Phi) is 6.39. The number of hydrogen-bond acceptors (Lipinski definition) is 5. The summed E-state index contributed by atoms with van der Waals surface area (Å²) in [6.45, 7) is 4.90. The highest BCUT2D eigenvalue weighted by atomic mass is 35.5. The summed E-state index contributed by atoms with van der Waals surface area (Å²) >= 11 is 0. The van der Waals surface area contributed by atoms with Gasteiger partial charge in [-0.15, -0.1) is 17.5 Å². The van der Waals surface area contributed by atoms with Gasteiger partial charge in [-0.25, -0.2) is 4.68 Å². The lowest BCUT2D eigenvalue weighted by Gasteiger charge is -2.28. The monoisotopic (exact) mass is 365 g/mol. The van der Waals surface area contributed by atoms with Crippen molar-refractivity contribution in [2.45, 2.75) is 38.8 Å². The van der Waals surface area contributed by atoms with Crippen LogP contribution < -0.4 is 15.4 Å². The summed E-state index contributed by atoms with van der Waals surface area (Å²) in [7, 11) is 1.62. The van der Waals surface area contributed by atoms with Crippen LogP contribution in [-0.2, 0) is 0 Å². The molecule has 0 radical (unpaired) electrons. The van der Waals surface area contributed by atoms with Crippen molar-refractivity contribution in [1.29, 1.82) is 0 Å². The average Bonchev–Trinajstić information content (AvgIpc) is 2.96. The van der Waals surface area contributed by atoms with Crippen molar-refractivity contribution in [2.24, 2.45) is 0 Å². The number of methoxy groups -OCH3 is 1. The maximum atomic E-state index is 12.5. The Bertz CT molecular complexity index is 716. The van der Waals surface area contributed by atoms with Crippen LogP contribution in [0.1, 0.15) is 35.9 Å². The van der Waals surface area contributed by atoms with Crippen molar-refractivity contribution >= 4 is 18.3 Å². The third-order valence-corrected chi connectivity index (χ3v) is 4.39. The fourth-order valence-corrected chi connectivity index (χ4v) is 3.02. The zero-order chi connectivity index (χ0) is 17.1. The van der Waals surface area contributed by atoms with Crippen molar-refractivity contribution in [2.75, 3.05) is 13.7 Å². The van der Waals surface area contributed by atoms with Gasteiger partial charge in [-0.3, -0.25) is 4.79 Å². The minimum Gasteiger partial charge on any atom is -0.497 e. The van der Waals surface area contributed by atoms with Gasteiger partial charge in [-0.05, 0) is 57.5 Å². The SMILES string of the molecule is COc1ccc(-n2nnc(C(=O)NC3CCNC(C)C3)c2C)cc1.Cl. The van der Waals surface area contributed by atoms with Crippen LogP contribution >= 0.6 is 12.4 Å². The predicted octanol–water partition coefficient (Wildman–Crippen LogP) is 1.88. The Hall–Kier alpha value is -2.12. The lowest BCUT2D eigenvalue weighted by molar-refractivity contribution is 0.0920. The molecule has 2 heterocycles. The summed E-state index contributed by atoms with van der Waals surface area (Å²) < 4.78 is 6.82. The molecule has 1 aliphatic rings. The molecule has 1 saturated heterocycles. The van der Waals surface area contributed by atoms with Crippen molar-refractivity contribution < 1.29 is 9.53 Å². The number of ether oxygens (including phenoxy) is 1. The molecule has 1 fully saturated rings. The number of amides is 1. The molecule has 2 unspecified atom stereocenters. The van der Waals surface area contributed by atoms with E-state index in [1.165, 1.54) is 0 Å². The van der Waals surface area contributed by atoms with Crippen molar-refractivity contribution in [3.8, 4) is 11.4 Å². The third-order valence-electron chi connectivity index (χ3n) is 4.39. The molecular formula is C17H24ClN5O2. The minimum atomic E-state index is -0.161. The molecule has 7 nitrogen and oxygen atoms in total. The highest BCUT2D eigenvalue weighted by molar-refractivity contribution is 5.93. The molecule has 0 aliphatic carbocycles. The van der Waals surface area contributed by atoms with Gasteiger partial charge < -0.3 is 15.4 Å². The number of aromatic nitrogens is 3. The number of piperidine rings is 1. The lowest BCUT2D eigenvalue weighted by Crippen LogP contribution is -2.46. The van der Waals surface area contributed by atoms with Gasteiger partial charge >= 0.3 is 0 Å². The summed E-state index contributed by atoms with van der Waals surface area (Å²) in [5.74, 6) is 0.612. The second-order valence-corrected chi connectivity index (χ2v) is 6.18. The lowest BCUT2D eigenvalue weighted by atomic mass is 10.0. The van der Waals surface area contributed by atoms with Crippen LogP contribution in [0.15, 0.2) is 24.3 Å². The number of benzene rings is 1. The molecular weight excluding hydrogens is 342 g/mol. The molecule has 0 saturated carbocycles. The Morgan fingerprint density at radius 2 is 2.08 bits per heavy atom. The first kappa shape index (κ1) is 19.2. The van der Waals surface area contributed by atoms with E-state index in [1.54, 1.807) is 11.8 Å². The van der Waals surface area contributed by atoms with Gasteiger partial charge in [0.25, 0.3) is 5.91 Å². The normalized spacial score (nSPS) is 19.8. The van der Waals surface area contributed by atoms with E-state index in [0.29, 0.717) is 11.7 Å². The zero-order valence-corrected chi connectivity index (χ0v) is 15.5. The Morgan fingerprint density at radius 1 is 1.36 bits per heavy atom. The van der Waals surface area contributed by atoms with Gasteiger partial charge in [0.15, 0.2) is 5.69 Å². The number of hydrogen-bond donors (Lipinski definition) is 2. The average molecular weight is 366 g/mol. The van der Waals surface area contributed by atoms with Crippen LogP contribution in [0, 0.1) is 6.92 Å². The fourth-order valence-electron chi connectivity index (χ4n) is 3.02. The van der Waals surface area contributed by atoms with Gasteiger partial charge in [-0.1, -0.05) is 5.21 Å². The topological polar surface area (TPSA) is 81.1 Å². The largest absolute Gasteiger partial charge is 0.497 e. The molecule has 0 bridgehead atoms. The van der Waals surface area contributed by atoms with Gasteiger partial charge in [-0.2, -0.15) is 0 Å². The number of carbonyl (C=O) groups is 1. The molecule has 1 amide bonds. The molecule has 136 valence electrons. The molecule has 1 aromatic carbocycles. The maximum absolute atomic E-state index is 12.5. The molecule has 1 aliphatic heterocycles. The zero-order valence-electron chi connectivity index (χ0n) is 14.7.